The van der Waals surface area contributed by atoms with Crippen molar-refractivity contribution in [3.63, 3.8) is 0 Å². The van der Waals surface area contributed by atoms with Crippen LogP contribution in [0.2, 0.25) is 0 Å². The number of nitrogens with one attached hydrogen (secondary N) is 2. The third-order valence-corrected chi connectivity index (χ3v) is 5.43. The van der Waals surface area contributed by atoms with Gasteiger partial charge in [-0.25, -0.2) is 14.7 Å². The highest BCUT2D eigenvalue weighted by atomic mass is 32.2. The van der Waals surface area contributed by atoms with Crippen molar-refractivity contribution in [2.24, 2.45) is 5.16 Å². The Morgan fingerprint density at radius 1 is 1.48 bits per heavy atom. The van der Waals surface area contributed by atoms with Gasteiger partial charge in [-0.15, -0.1) is 11.3 Å². The molecule has 5 amide bonds. The van der Waals surface area contributed by atoms with Gasteiger partial charge in [0.15, 0.2) is 23.1 Å². The number of aromatic nitrogens is 1. The lowest BCUT2D eigenvalue weighted by Gasteiger charge is -2.46. The molecule has 0 radical (unpaired) electrons. The molecule has 0 bridgehead atoms. The molecule has 2 aliphatic rings. The summed E-state index contributed by atoms with van der Waals surface area (Å²) in [6.45, 7) is -0.446. The molecule has 29 heavy (non-hydrogen) atoms. The molecule has 2 saturated heterocycles. The van der Waals surface area contributed by atoms with E-state index >= 15 is 0 Å². The molecule has 0 saturated carbocycles. The van der Waals surface area contributed by atoms with Crippen molar-refractivity contribution in [2.45, 2.75) is 12.2 Å². The van der Waals surface area contributed by atoms with Gasteiger partial charge in [0.05, 0.1) is 6.54 Å². The molecule has 5 N–H and O–H groups in total. The monoisotopic (exact) mass is 447 g/mol. The van der Waals surface area contributed by atoms with Gasteiger partial charge in [0, 0.05) is 5.38 Å². The van der Waals surface area contributed by atoms with Crippen molar-refractivity contribution in [2.75, 3.05) is 19.4 Å². The Morgan fingerprint density at radius 3 is 2.66 bits per heavy atom. The van der Waals surface area contributed by atoms with Crippen LogP contribution in [-0.2, 0) is 29.5 Å². The van der Waals surface area contributed by atoms with Gasteiger partial charge in [-0.2, -0.15) is 12.7 Å². The highest BCUT2D eigenvalue weighted by molar-refractivity contribution is 7.84. The zero-order valence-corrected chi connectivity index (χ0v) is 16.1. The lowest BCUT2D eigenvalue weighted by atomic mass is 10.0. The van der Waals surface area contributed by atoms with E-state index in [0.717, 1.165) is 18.4 Å². The summed E-state index contributed by atoms with van der Waals surface area (Å²) in [5.74, 6) is -3.16. The number of imide groups is 1. The van der Waals surface area contributed by atoms with E-state index in [-0.39, 0.29) is 15.1 Å². The Hall–Kier alpha value is -3.31. The fourth-order valence-electron chi connectivity index (χ4n) is 2.69. The van der Waals surface area contributed by atoms with E-state index in [2.05, 4.69) is 25.6 Å². The van der Waals surface area contributed by atoms with Crippen molar-refractivity contribution < 1.29 is 37.0 Å². The first-order chi connectivity index (χ1) is 13.6. The van der Waals surface area contributed by atoms with E-state index < -0.39 is 58.5 Å². The molecule has 17 heteroatoms. The number of nitrogen functional groups attached to an aromatic ring is 1. The first-order valence-electron chi connectivity index (χ1n) is 7.60. The first-order valence-corrected chi connectivity index (χ1v) is 9.88. The van der Waals surface area contributed by atoms with Crippen LogP contribution in [0.25, 0.3) is 0 Å². The average molecular weight is 447 g/mol. The van der Waals surface area contributed by atoms with Crippen molar-refractivity contribution in [1.29, 1.82) is 0 Å². The molecule has 0 spiro atoms. The van der Waals surface area contributed by atoms with Crippen LogP contribution in [0.5, 0.6) is 0 Å². The minimum atomic E-state index is -5.12. The van der Waals surface area contributed by atoms with Gasteiger partial charge in [-0.1, -0.05) is 5.16 Å². The van der Waals surface area contributed by atoms with E-state index in [4.69, 9.17) is 5.73 Å². The Kier molecular flexibility index (Phi) is 5.11. The van der Waals surface area contributed by atoms with E-state index in [1.54, 1.807) is 0 Å². The SMILES string of the molecule is CO/N=C(\C(=O)N[C@@H]1C(=O)N(S(=O)(=O)O)[C@@H]1N1C(=O)CNC1=O)c1csc(N)n1. The topological polar surface area (TPSA) is 214 Å². The quantitative estimate of drug-likeness (QED) is 0.115. The number of hydrogen-bond acceptors (Lipinski definition) is 11. The molecule has 3 heterocycles. The van der Waals surface area contributed by atoms with Crippen LogP contribution >= 0.6 is 11.3 Å². The van der Waals surface area contributed by atoms with Gasteiger partial charge in [0.25, 0.3) is 17.7 Å². The van der Waals surface area contributed by atoms with Crippen LogP contribution in [0.4, 0.5) is 9.93 Å². The molecule has 1 aromatic rings. The fourth-order valence-corrected chi connectivity index (χ4v) is 4.07. The van der Waals surface area contributed by atoms with E-state index in [1.165, 1.54) is 5.38 Å². The van der Waals surface area contributed by atoms with Gasteiger partial charge >= 0.3 is 16.3 Å². The number of nitrogens with zero attached hydrogens (tertiary/aromatic N) is 4. The maximum Gasteiger partial charge on any atom is 0.364 e. The highest BCUT2D eigenvalue weighted by Gasteiger charge is 2.60. The Balaban J connectivity index is 1.90. The summed E-state index contributed by atoms with van der Waals surface area (Å²) in [6.07, 6.45) is -1.80. The molecule has 0 aliphatic carbocycles. The minimum Gasteiger partial charge on any atom is -0.398 e. The van der Waals surface area contributed by atoms with Crippen LogP contribution in [0.3, 0.4) is 0 Å². The normalized spacial score (nSPS) is 22.4. The molecule has 2 aliphatic heterocycles. The number of carbonyl (C=O) groups excluding carboxylic acids is 4. The standard InChI is InChI=1S/C12H13N7O8S2/c1-27-17-6(4-3-28-11(13)15-4)8(21)16-7-9(18-5(20)2-14-12(18)23)19(10(7)22)29(24,25)26/h3,7,9H,2H2,1H3,(H2,13,15)(H,14,23)(H,16,21)(H,24,25,26)/b17-6-/t7-,9-/m0/s1. The zero-order valence-electron chi connectivity index (χ0n) is 14.4. The maximum absolute atomic E-state index is 12.6. The number of anilines is 1. The van der Waals surface area contributed by atoms with Crippen molar-refractivity contribution in [1.82, 2.24) is 24.8 Å². The predicted molar refractivity (Wildman–Crippen MR) is 94.4 cm³/mol. The second-order valence-electron chi connectivity index (χ2n) is 5.59. The number of thiazole rings is 1. The maximum atomic E-state index is 12.6. The molecule has 156 valence electrons. The van der Waals surface area contributed by atoms with Crippen molar-refractivity contribution in [3.8, 4) is 0 Å². The number of oxime groups is 1. The average Bonchev–Trinajstić information content (AvgIpc) is 3.19. The lowest BCUT2D eigenvalue weighted by Crippen LogP contribution is -2.77. The van der Waals surface area contributed by atoms with Gasteiger partial charge < -0.3 is 21.2 Å². The Bertz CT molecular complexity index is 1020. The molecular weight excluding hydrogens is 434 g/mol. The summed E-state index contributed by atoms with van der Waals surface area (Å²) in [5, 5.41) is 9.31. The highest BCUT2D eigenvalue weighted by Crippen LogP contribution is 2.28. The van der Waals surface area contributed by atoms with E-state index in [9.17, 15) is 32.1 Å². The molecule has 15 nitrogen and oxygen atoms in total. The fraction of sp³-hybridized carbons (Fsp3) is 0.333. The summed E-state index contributed by atoms with van der Waals surface area (Å²) >= 11 is 0.997. The first kappa shape index (κ1) is 20.4. The number of carbonyl (C=O) groups is 4. The molecule has 2 atom stereocenters. The Morgan fingerprint density at radius 2 is 2.17 bits per heavy atom. The van der Waals surface area contributed by atoms with Gasteiger partial charge in [0.2, 0.25) is 0 Å². The predicted octanol–water partition coefficient (Wildman–Crippen LogP) is -2.92. The van der Waals surface area contributed by atoms with Crippen LogP contribution in [0, 0.1) is 0 Å². The van der Waals surface area contributed by atoms with Crippen LogP contribution < -0.4 is 16.4 Å². The second-order valence-corrected chi connectivity index (χ2v) is 7.77. The summed E-state index contributed by atoms with van der Waals surface area (Å²) < 4.78 is 32.2. The number of hydrogen-bond donors (Lipinski definition) is 4. The molecule has 3 rings (SSSR count). The molecular formula is C12H13N7O8S2. The van der Waals surface area contributed by atoms with E-state index in [0.29, 0.717) is 4.90 Å². The second kappa shape index (κ2) is 7.26. The Labute approximate surface area is 166 Å². The van der Waals surface area contributed by atoms with Gasteiger partial charge in [-0.05, 0) is 0 Å². The summed E-state index contributed by atoms with van der Waals surface area (Å²) in [6, 6.07) is -2.67. The number of urea groups is 1. The third-order valence-electron chi connectivity index (χ3n) is 3.86. The van der Waals surface area contributed by atoms with Gasteiger partial charge in [-0.3, -0.25) is 18.9 Å². The van der Waals surface area contributed by atoms with Crippen LogP contribution in [0.1, 0.15) is 5.69 Å². The van der Waals surface area contributed by atoms with Crippen LogP contribution in [0.15, 0.2) is 10.5 Å². The summed E-state index contributed by atoms with van der Waals surface area (Å²) in [4.78, 5) is 57.5. The minimum absolute atomic E-state index is 0.0109. The smallest absolute Gasteiger partial charge is 0.364 e. The summed E-state index contributed by atoms with van der Waals surface area (Å²) in [5.41, 5.74) is 5.13. The third kappa shape index (κ3) is 3.57. The number of rotatable bonds is 6. The number of β-lactam (4-membered cyclic amide) rings is 1. The molecule has 0 aromatic carbocycles. The van der Waals surface area contributed by atoms with E-state index in [1.807, 2.05) is 0 Å². The van der Waals surface area contributed by atoms with Gasteiger partial charge in [0.1, 0.15) is 12.8 Å². The molecule has 0 unspecified atom stereocenters. The molecule has 1 aromatic heterocycles. The lowest BCUT2D eigenvalue weighted by molar-refractivity contribution is -0.154. The number of nitrogens with two attached hydrogens (primary N) is 1. The zero-order chi connectivity index (χ0) is 21.5. The summed E-state index contributed by atoms with van der Waals surface area (Å²) in [7, 11) is -3.97. The molecule has 2 fully saturated rings. The van der Waals surface area contributed by atoms with Crippen molar-refractivity contribution in [3.05, 3.63) is 11.1 Å². The number of amides is 5. The van der Waals surface area contributed by atoms with Crippen molar-refractivity contribution >= 4 is 56.2 Å². The largest absolute Gasteiger partial charge is 0.398 e. The van der Waals surface area contributed by atoms with Crippen LogP contribution in [-0.4, -0.2) is 82.5 Å².